The van der Waals surface area contributed by atoms with E-state index in [2.05, 4.69) is 22.1 Å². The standard InChI is InChI=1S/C29H39N5O4S/c1-21-14-26(38-20-24-8-7-13-32(5)18-24)11-12-28(21)31-29(35)19-33-16-22(2)34(23(3)17-33)39(36,37)27-10-6-9-25(15-27)30-4/h6,9-12,14-15,22-24H,7-8,13,16-20H2,1-3,5H3,(H,31,35). The molecule has 210 valence electrons. The van der Waals surface area contributed by atoms with E-state index >= 15 is 0 Å². The number of ether oxygens (including phenoxy) is 1. The predicted molar refractivity (Wildman–Crippen MR) is 153 cm³/mol. The van der Waals surface area contributed by atoms with Gasteiger partial charge in [-0.1, -0.05) is 12.1 Å². The van der Waals surface area contributed by atoms with Gasteiger partial charge < -0.3 is 15.0 Å². The summed E-state index contributed by atoms with van der Waals surface area (Å²) in [4.78, 5) is 20.7. The minimum Gasteiger partial charge on any atom is -0.493 e. The number of aryl methyl sites for hydroxylation is 1. The summed E-state index contributed by atoms with van der Waals surface area (Å²) >= 11 is 0. The van der Waals surface area contributed by atoms with E-state index in [9.17, 15) is 13.2 Å². The van der Waals surface area contributed by atoms with Gasteiger partial charge in [-0.25, -0.2) is 13.3 Å². The van der Waals surface area contributed by atoms with Crippen molar-refractivity contribution in [2.24, 2.45) is 5.92 Å². The van der Waals surface area contributed by atoms with Gasteiger partial charge in [-0.15, -0.1) is 0 Å². The Kier molecular flexibility index (Phi) is 9.28. The zero-order chi connectivity index (χ0) is 28.2. The van der Waals surface area contributed by atoms with Crippen molar-refractivity contribution in [3.8, 4) is 5.75 Å². The minimum absolute atomic E-state index is 0.120. The van der Waals surface area contributed by atoms with Crippen LogP contribution in [0.2, 0.25) is 0 Å². The number of rotatable bonds is 8. The number of hydrogen-bond acceptors (Lipinski definition) is 6. The van der Waals surface area contributed by atoms with Gasteiger partial charge in [0.25, 0.3) is 0 Å². The van der Waals surface area contributed by atoms with Gasteiger partial charge in [0, 0.05) is 43.3 Å². The molecule has 2 aromatic carbocycles. The number of hydrogen-bond donors (Lipinski definition) is 1. The molecule has 3 atom stereocenters. The summed E-state index contributed by atoms with van der Waals surface area (Å²) in [6.45, 7) is 16.8. The highest BCUT2D eigenvalue weighted by Crippen LogP contribution is 2.28. The number of carbonyl (C=O) groups excluding carboxylic acids is 1. The van der Waals surface area contributed by atoms with E-state index in [-0.39, 0.29) is 29.4 Å². The third kappa shape index (κ3) is 7.17. The molecular formula is C29H39N5O4S. The normalized spacial score (nSPS) is 23.2. The Bertz CT molecular complexity index is 1310. The summed E-state index contributed by atoms with van der Waals surface area (Å²) in [6.07, 6.45) is 2.39. The van der Waals surface area contributed by atoms with Gasteiger partial charge >= 0.3 is 0 Å². The van der Waals surface area contributed by atoms with Crippen LogP contribution in [0, 0.1) is 19.4 Å². The molecule has 1 amide bonds. The molecule has 0 saturated carbocycles. The molecule has 39 heavy (non-hydrogen) atoms. The lowest BCUT2D eigenvalue weighted by atomic mass is 9.99. The van der Waals surface area contributed by atoms with Crippen LogP contribution in [0.25, 0.3) is 4.85 Å². The average molecular weight is 554 g/mol. The molecule has 2 aromatic rings. The summed E-state index contributed by atoms with van der Waals surface area (Å²) in [7, 11) is -1.62. The molecule has 0 bridgehead atoms. The first kappa shape index (κ1) is 29.0. The molecule has 1 N–H and O–H groups in total. The van der Waals surface area contributed by atoms with Crippen molar-refractivity contribution in [1.82, 2.24) is 14.1 Å². The van der Waals surface area contributed by atoms with Crippen LogP contribution in [0.5, 0.6) is 5.75 Å². The number of carbonyl (C=O) groups is 1. The maximum Gasteiger partial charge on any atom is 0.242 e. The monoisotopic (exact) mass is 553 g/mol. The van der Waals surface area contributed by atoms with Crippen molar-refractivity contribution < 1.29 is 17.9 Å². The fraction of sp³-hybridized carbons (Fsp3) is 0.517. The molecule has 0 aromatic heterocycles. The second kappa shape index (κ2) is 12.5. The molecule has 3 unspecified atom stereocenters. The van der Waals surface area contributed by atoms with Crippen LogP contribution in [0.4, 0.5) is 11.4 Å². The van der Waals surface area contributed by atoms with Crippen LogP contribution < -0.4 is 10.1 Å². The van der Waals surface area contributed by atoms with Gasteiger partial charge in [0.05, 0.1) is 24.6 Å². The lowest BCUT2D eigenvalue weighted by molar-refractivity contribution is -0.118. The molecule has 2 fully saturated rings. The van der Waals surface area contributed by atoms with Gasteiger partial charge in [-0.05, 0) is 83.1 Å². The highest BCUT2D eigenvalue weighted by atomic mass is 32.2. The molecule has 10 heteroatoms. The Morgan fingerprint density at radius 2 is 1.87 bits per heavy atom. The van der Waals surface area contributed by atoms with E-state index in [0.29, 0.717) is 31.3 Å². The third-order valence-corrected chi connectivity index (χ3v) is 9.61. The Labute approximate surface area is 232 Å². The fourth-order valence-corrected chi connectivity index (χ4v) is 7.58. The number of nitrogens with zero attached hydrogens (tertiary/aromatic N) is 4. The molecule has 2 heterocycles. The van der Waals surface area contributed by atoms with Crippen LogP contribution in [0.3, 0.4) is 0 Å². The van der Waals surface area contributed by atoms with E-state index in [0.717, 1.165) is 30.1 Å². The quantitative estimate of drug-likeness (QED) is 0.498. The first-order valence-corrected chi connectivity index (χ1v) is 15.0. The molecule has 2 aliphatic rings. The van der Waals surface area contributed by atoms with Gasteiger partial charge in [0.1, 0.15) is 5.75 Å². The maximum atomic E-state index is 13.4. The Morgan fingerprint density at radius 3 is 2.54 bits per heavy atom. The second-order valence-electron chi connectivity index (χ2n) is 10.9. The van der Waals surface area contributed by atoms with Crippen molar-refractivity contribution in [1.29, 1.82) is 0 Å². The zero-order valence-electron chi connectivity index (χ0n) is 23.3. The number of likely N-dealkylation sites (tertiary alicyclic amines) is 1. The van der Waals surface area contributed by atoms with Crippen molar-refractivity contribution in [2.75, 3.05) is 51.7 Å². The van der Waals surface area contributed by atoms with Gasteiger partial charge in [-0.3, -0.25) is 9.69 Å². The first-order chi connectivity index (χ1) is 18.6. The van der Waals surface area contributed by atoms with Crippen molar-refractivity contribution >= 4 is 27.3 Å². The molecule has 9 nitrogen and oxygen atoms in total. The maximum absolute atomic E-state index is 13.4. The molecule has 2 saturated heterocycles. The number of anilines is 1. The van der Waals surface area contributed by atoms with Crippen LogP contribution in [0.15, 0.2) is 47.4 Å². The second-order valence-corrected chi connectivity index (χ2v) is 12.8. The number of benzene rings is 2. The number of piperidine rings is 1. The predicted octanol–water partition coefficient (Wildman–Crippen LogP) is 3.99. The fourth-order valence-electron chi connectivity index (χ4n) is 5.74. The van der Waals surface area contributed by atoms with E-state index in [4.69, 9.17) is 11.3 Å². The lowest BCUT2D eigenvalue weighted by Crippen LogP contribution is -2.59. The largest absolute Gasteiger partial charge is 0.493 e. The van der Waals surface area contributed by atoms with Gasteiger partial charge in [-0.2, -0.15) is 4.31 Å². The van der Waals surface area contributed by atoms with Crippen LogP contribution >= 0.6 is 0 Å². The van der Waals surface area contributed by atoms with Crippen molar-refractivity contribution in [3.05, 3.63) is 59.4 Å². The van der Waals surface area contributed by atoms with E-state index in [1.165, 1.54) is 29.3 Å². The third-order valence-electron chi connectivity index (χ3n) is 7.48. The average Bonchev–Trinajstić information content (AvgIpc) is 2.88. The Balaban J connectivity index is 1.32. The molecule has 4 rings (SSSR count). The Hall–Kier alpha value is -2.97. The number of nitrogens with one attached hydrogen (secondary N) is 1. The minimum atomic E-state index is -3.77. The van der Waals surface area contributed by atoms with Crippen LogP contribution in [-0.4, -0.2) is 86.9 Å². The summed E-state index contributed by atoms with van der Waals surface area (Å²) in [5.41, 5.74) is 1.96. The molecule has 2 aliphatic heterocycles. The number of sulfonamides is 1. The first-order valence-electron chi connectivity index (χ1n) is 13.5. The summed E-state index contributed by atoms with van der Waals surface area (Å²) < 4.78 is 34.3. The van der Waals surface area contributed by atoms with Crippen LogP contribution in [-0.2, 0) is 14.8 Å². The molecule has 0 spiro atoms. The van der Waals surface area contributed by atoms with Crippen molar-refractivity contribution in [3.63, 3.8) is 0 Å². The Morgan fingerprint density at radius 1 is 1.13 bits per heavy atom. The summed E-state index contributed by atoms with van der Waals surface area (Å²) in [6, 6.07) is 11.2. The van der Waals surface area contributed by atoms with Crippen molar-refractivity contribution in [2.45, 2.75) is 50.6 Å². The lowest BCUT2D eigenvalue weighted by Gasteiger charge is -2.43. The van der Waals surface area contributed by atoms with Gasteiger partial charge in [0.2, 0.25) is 15.9 Å². The summed E-state index contributed by atoms with van der Waals surface area (Å²) in [5.74, 6) is 1.20. The topological polar surface area (TPSA) is 86.5 Å². The van der Waals surface area contributed by atoms with E-state index < -0.39 is 10.0 Å². The molecule has 0 radical (unpaired) electrons. The van der Waals surface area contributed by atoms with E-state index in [1.807, 2.05) is 43.9 Å². The smallest absolute Gasteiger partial charge is 0.242 e. The SMILES string of the molecule is [C-]#[N+]c1cccc(S(=O)(=O)N2C(C)CN(CC(=O)Nc3ccc(OCC4CCCN(C)C4)cc3C)CC2C)c1. The number of amides is 1. The van der Waals surface area contributed by atoms with E-state index in [1.54, 1.807) is 12.1 Å². The number of piperazine rings is 1. The zero-order valence-corrected chi connectivity index (χ0v) is 24.1. The molecular weight excluding hydrogens is 514 g/mol. The van der Waals surface area contributed by atoms with Gasteiger partial charge in [0.15, 0.2) is 5.69 Å². The molecule has 0 aliphatic carbocycles. The summed E-state index contributed by atoms with van der Waals surface area (Å²) in [5, 5.41) is 3.00. The highest BCUT2D eigenvalue weighted by molar-refractivity contribution is 7.89. The highest BCUT2D eigenvalue weighted by Gasteiger charge is 2.38. The van der Waals surface area contributed by atoms with Crippen LogP contribution in [0.1, 0.15) is 32.3 Å².